The summed E-state index contributed by atoms with van der Waals surface area (Å²) in [4.78, 5) is 25.4. The Kier molecular flexibility index (Phi) is 3.96. The molecule has 0 unspecified atom stereocenters. The molecule has 1 N–H and O–H groups in total. The molecule has 1 saturated heterocycles. The molecule has 20 heavy (non-hydrogen) atoms. The molecule has 1 heterocycles. The molecule has 3 rings (SSSR count). The topological polar surface area (TPSA) is 66.8 Å². The fourth-order valence-corrected chi connectivity index (χ4v) is 3.71. The molecule has 0 aromatic rings. The van der Waals surface area contributed by atoms with Crippen molar-refractivity contribution in [2.75, 3.05) is 13.2 Å². The van der Waals surface area contributed by atoms with Gasteiger partial charge in [-0.2, -0.15) is 0 Å². The first-order valence-electron chi connectivity index (χ1n) is 7.78. The molecule has 1 aliphatic heterocycles. The zero-order valence-electron chi connectivity index (χ0n) is 11.8. The number of nitrogens with zero attached hydrogens (tertiary/aromatic N) is 1. The van der Waals surface area contributed by atoms with Crippen molar-refractivity contribution in [3.63, 3.8) is 0 Å². The minimum absolute atomic E-state index is 0.0451. The van der Waals surface area contributed by atoms with Crippen LogP contribution in [0, 0.1) is 11.8 Å². The highest BCUT2D eigenvalue weighted by Crippen LogP contribution is 2.39. The predicted molar refractivity (Wildman–Crippen MR) is 72.2 cm³/mol. The van der Waals surface area contributed by atoms with Crippen molar-refractivity contribution in [1.82, 2.24) is 4.90 Å². The van der Waals surface area contributed by atoms with Crippen LogP contribution in [-0.2, 0) is 14.3 Å². The summed E-state index contributed by atoms with van der Waals surface area (Å²) < 4.78 is 5.46. The quantitative estimate of drug-likeness (QED) is 0.832. The Morgan fingerprint density at radius 2 is 1.90 bits per heavy atom. The number of rotatable bonds is 5. The van der Waals surface area contributed by atoms with Gasteiger partial charge in [-0.25, -0.2) is 4.79 Å². The van der Waals surface area contributed by atoms with Gasteiger partial charge in [0.05, 0.1) is 6.61 Å². The largest absolute Gasteiger partial charge is 0.480 e. The van der Waals surface area contributed by atoms with E-state index < -0.39 is 12.0 Å². The Labute approximate surface area is 119 Å². The number of amides is 1. The van der Waals surface area contributed by atoms with E-state index in [-0.39, 0.29) is 18.6 Å². The minimum Gasteiger partial charge on any atom is -0.480 e. The summed E-state index contributed by atoms with van der Waals surface area (Å²) >= 11 is 0. The highest BCUT2D eigenvalue weighted by molar-refractivity contribution is 5.85. The number of likely N-dealkylation sites (tertiary alicyclic amines) is 1. The second kappa shape index (κ2) is 5.72. The molecule has 1 amide bonds. The van der Waals surface area contributed by atoms with Crippen molar-refractivity contribution < 1.29 is 19.4 Å². The highest BCUT2D eigenvalue weighted by atomic mass is 16.5. The van der Waals surface area contributed by atoms with E-state index in [4.69, 9.17) is 4.74 Å². The zero-order chi connectivity index (χ0) is 14.1. The lowest BCUT2D eigenvalue weighted by Gasteiger charge is -2.32. The summed E-state index contributed by atoms with van der Waals surface area (Å²) in [6.45, 7) is 0.689. The molecule has 3 aliphatic rings. The lowest BCUT2D eigenvalue weighted by Crippen LogP contribution is -2.47. The Morgan fingerprint density at radius 1 is 1.15 bits per heavy atom. The number of carboxylic acids is 1. The average molecular weight is 281 g/mol. The van der Waals surface area contributed by atoms with E-state index in [2.05, 4.69) is 0 Å². The summed E-state index contributed by atoms with van der Waals surface area (Å²) in [6.07, 6.45) is 7.27. The summed E-state index contributed by atoms with van der Waals surface area (Å²) in [5.41, 5.74) is 0. The van der Waals surface area contributed by atoms with E-state index in [1.165, 1.54) is 12.8 Å². The highest BCUT2D eigenvalue weighted by Gasteiger charge is 2.47. The van der Waals surface area contributed by atoms with Gasteiger partial charge in [-0.05, 0) is 43.9 Å². The molecule has 0 aromatic heterocycles. The van der Waals surface area contributed by atoms with Gasteiger partial charge in [-0.1, -0.05) is 12.8 Å². The maximum absolute atomic E-state index is 12.4. The molecule has 3 fully saturated rings. The lowest BCUT2D eigenvalue weighted by molar-refractivity contribution is -0.152. The number of fused-ring (bicyclic) bond motifs is 1. The van der Waals surface area contributed by atoms with Crippen molar-refractivity contribution >= 4 is 11.9 Å². The molecule has 5 heteroatoms. The van der Waals surface area contributed by atoms with Gasteiger partial charge in [-0.15, -0.1) is 0 Å². The van der Waals surface area contributed by atoms with Crippen LogP contribution in [0.5, 0.6) is 0 Å². The average Bonchev–Trinajstić information content (AvgIpc) is 3.16. The van der Waals surface area contributed by atoms with E-state index in [1.54, 1.807) is 4.90 Å². The van der Waals surface area contributed by atoms with Gasteiger partial charge >= 0.3 is 5.97 Å². The van der Waals surface area contributed by atoms with Crippen LogP contribution in [0.3, 0.4) is 0 Å². The maximum atomic E-state index is 12.4. The molecule has 3 atom stereocenters. The van der Waals surface area contributed by atoms with Gasteiger partial charge in [-0.3, -0.25) is 4.79 Å². The van der Waals surface area contributed by atoms with Gasteiger partial charge in [0.25, 0.3) is 0 Å². The predicted octanol–water partition coefficient (Wildman–Crippen LogP) is 1.66. The summed E-state index contributed by atoms with van der Waals surface area (Å²) in [6, 6.07) is -0.512. The molecular weight excluding hydrogens is 258 g/mol. The van der Waals surface area contributed by atoms with Gasteiger partial charge < -0.3 is 14.7 Å². The van der Waals surface area contributed by atoms with Crippen LogP contribution in [0.15, 0.2) is 0 Å². The third-order valence-corrected chi connectivity index (χ3v) is 4.94. The van der Waals surface area contributed by atoms with Gasteiger partial charge in [0.15, 0.2) is 0 Å². The molecule has 2 saturated carbocycles. The molecule has 0 bridgehead atoms. The molecule has 0 spiro atoms. The number of ether oxygens (including phenoxy) is 1. The Morgan fingerprint density at radius 3 is 2.60 bits per heavy atom. The first kappa shape index (κ1) is 13.9. The fourth-order valence-electron chi connectivity index (χ4n) is 3.71. The van der Waals surface area contributed by atoms with Crippen LogP contribution >= 0.6 is 0 Å². The number of aliphatic carboxylic acids is 1. The summed E-state index contributed by atoms with van der Waals surface area (Å²) in [7, 11) is 0. The van der Waals surface area contributed by atoms with Crippen LogP contribution < -0.4 is 0 Å². The third kappa shape index (κ3) is 2.82. The number of carboxylic acid groups (broad SMARTS) is 1. The Hall–Kier alpha value is -1.10. The number of hydrogen-bond donors (Lipinski definition) is 1. The van der Waals surface area contributed by atoms with E-state index in [1.807, 2.05) is 0 Å². The van der Waals surface area contributed by atoms with Crippen molar-refractivity contribution in [2.45, 2.75) is 57.0 Å². The van der Waals surface area contributed by atoms with E-state index in [9.17, 15) is 14.7 Å². The lowest BCUT2D eigenvalue weighted by atomic mass is 9.85. The monoisotopic (exact) mass is 281 g/mol. The maximum Gasteiger partial charge on any atom is 0.326 e. The second-order valence-corrected chi connectivity index (χ2v) is 6.46. The normalized spacial score (nSPS) is 33.0. The van der Waals surface area contributed by atoms with E-state index in [0.717, 1.165) is 25.7 Å². The van der Waals surface area contributed by atoms with Gasteiger partial charge in [0, 0.05) is 6.04 Å². The number of hydrogen-bond acceptors (Lipinski definition) is 3. The summed E-state index contributed by atoms with van der Waals surface area (Å²) in [5, 5.41) is 9.37. The Balaban J connectivity index is 1.62. The van der Waals surface area contributed by atoms with Gasteiger partial charge in [0.1, 0.15) is 12.6 Å². The van der Waals surface area contributed by atoms with Gasteiger partial charge in [0.2, 0.25) is 5.91 Å². The fraction of sp³-hybridized carbons (Fsp3) is 0.867. The van der Waals surface area contributed by atoms with Crippen LogP contribution in [0.1, 0.15) is 44.9 Å². The zero-order valence-corrected chi connectivity index (χ0v) is 11.8. The van der Waals surface area contributed by atoms with E-state index in [0.29, 0.717) is 24.9 Å². The first-order chi connectivity index (χ1) is 9.66. The van der Waals surface area contributed by atoms with Crippen molar-refractivity contribution in [3.8, 4) is 0 Å². The number of carbonyl (C=O) groups is 2. The van der Waals surface area contributed by atoms with Crippen LogP contribution in [0.2, 0.25) is 0 Å². The molecule has 112 valence electrons. The van der Waals surface area contributed by atoms with Crippen molar-refractivity contribution in [1.29, 1.82) is 0 Å². The summed E-state index contributed by atoms with van der Waals surface area (Å²) in [5.74, 6) is -0.00120. The molecule has 0 radical (unpaired) electrons. The van der Waals surface area contributed by atoms with Crippen LogP contribution in [0.4, 0.5) is 0 Å². The standard InChI is InChI=1S/C15H23NO4/c17-14(9-20-8-10-5-6-10)16-12-4-2-1-3-11(12)7-13(16)15(18)19/h10-13H,1-9H2,(H,18,19)/t11-,12+,13+/m1/s1. The molecular formula is C15H23NO4. The van der Waals surface area contributed by atoms with Crippen molar-refractivity contribution in [2.24, 2.45) is 11.8 Å². The second-order valence-electron chi connectivity index (χ2n) is 6.46. The van der Waals surface area contributed by atoms with Crippen molar-refractivity contribution in [3.05, 3.63) is 0 Å². The van der Waals surface area contributed by atoms with Crippen LogP contribution in [0.25, 0.3) is 0 Å². The third-order valence-electron chi connectivity index (χ3n) is 4.94. The molecule has 2 aliphatic carbocycles. The molecule has 0 aromatic carbocycles. The molecule has 5 nitrogen and oxygen atoms in total. The number of carbonyl (C=O) groups excluding carboxylic acids is 1. The smallest absolute Gasteiger partial charge is 0.326 e. The Bertz CT molecular complexity index is 393. The van der Waals surface area contributed by atoms with E-state index >= 15 is 0 Å². The van der Waals surface area contributed by atoms with Crippen LogP contribution in [-0.4, -0.2) is 47.2 Å². The SMILES string of the molecule is O=C(O)[C@@H]1C[C@H]2CCCC[C@@H]2N1C(=O)COCC1CC1. The minimum atomic E-state index is -0.866. The first-order valence-corrected chi connectivity index (χ1v) is 7.78.